The summed E-state index contributed by atoms with van der Waals surface area (Å²) in [5.74, 6) is -0.279. The molecule has 4 N–H and O–H groups in total. The number of halogens is 1. The zero-order chi connectivity index (χ0) is 25.6. The summed E-state index contributed by atoms with van der Waals surface area (Å²) in [7, 11) is 0. The summed E-state index contributed by atoms with van der Waals surface area (Å²) in [6, 6.07) is 12.4. The fourth-order valence-electron chi connectivity index (χ4n) is 6.00. The molecular weight excluding hydrogens is 459 g/mol. The van der Waals surface area contributed by atoms with Crippen LogP contribution in [0.2, 0.25) is 0 Å². The molecule has 0 atom stereocenters. The van der Waals surface area contributed by atoms with Crippen molar-refractivity contribution < 1.29 is 19.1 Å². The number of carbonyl (C=O) groups excluding carboxylic acids is 2. The highest BCUT2D eigenvalue weighted by atomic mass is 19.1. The molecule has 4 amide bonds. The SMILES string of the molecule is CC(C)(O)CNC(=O)NC12CCC(c3ccc(NC(=O)N4Cc5ccc(F)cc5C4)cc3)(CC1)CC2. The van der Waals surface area contributed by atoms with Gasteiger partial charge in [0.15, 0.2) is 0 Å². The van der Waals surface area contributed by atoms with Gasteiger partial charge in [-0.05, 0) is 98.7 Å². The number of urea groups is 2. The van der Waals surface area contributed by atoms with Gasteiger partial charge in [0.05, 0.1) is 5.60 Å². The molecule has 3 aliphatic carbocycles. The largest absolute Gasteiger partial charge is 0.389 e. The fourth-order valence-corrected chi connectivity index (χ4v) is 6.00. The van der Waals surface area contributed by atoms with Crippen molar-refractivity contribution in [2.24, 2.45) is 0 Å². The lowest BCUT2D eigenvalue weighted by atomic mass is 9.55. The normalized spacial score (nSPS) is 24.8. The summed E-state index contributed by atoms with van der Waals surface area (Å²) in [5, 5.41) is 18.8. The van der Waals surface area contributed by atoms with Crippen molar-refractivity contribution in [2.45, 2.75) is 82.0 Å². The van der Waals surface area contributed by atoms with Gasteiger partial charge in [-0.25, -0.2) is 14.0 Å². The van der Waals surface area contributed by atoms with Gasteiger partial charge in [0, 0.05) is 30.9 Å². The molecule has 3 saturated carbocycles. The summed E-state index contributed by atoms with van der Waals surface area (Å²) < 4.78 is 13.5. The summed E-state index contributed by atoms with van der Waals surface area (Å²) >= 11 is 0. The maximum Gasteiger partial charge on any atom is 0.322 e. The molecule has 2 aromatic carbocycles. The van der Waals surface area contributed by atoms with E-state index in [0.717, 1.165) is 55.3 Å². The van der Waals surface area contributed by atoms with E-state index in [1.165, 1.54) is 17.7 Å². The molecule has 0 unspecified atom stereocenters. The highest BCUT2D eigenvalue weighted by Gasteiger charge is 2.50. The standard InChI is InChI=1S/C28H35FN4O3/c1-26(2,36)18-30-24(34)32-28-12-9-27(10-13-28,11-14-28)21-4-7-23(8-5-21)31-25(35)33-16-19-3-6-22(29)15-20(19)17-33/h3-8,15,36H,9-14,16-18H2,1-2H3,(H,31,35)(H2,30,32,34). The molecule has 6 rings (SSSR count). The summed E-state index contributed by atoms with van der Waals surface area (Å²) in [6.45, 7) is 4.45. The van der Waals surface area contributed by atoms with Crippen molar-refractivity contribution in [3.63, 3.8) is 0 Å². The molecule has 36 heavy (non-hydrogen) atoms. The first-order valence-corrected chi connectivity index (χ1v) is 12.8. The van der Waals surface area contributed by atoms with Crippen LogP contribution in [0.15, 0.2) is 42.5 Å². The number of fused-ring (bicyclic) bond motifs is 4. The Bertz CT molecular complexity index is 1130. The van der Waals surface area contributed by atoms with Crippen LogP contribution < -0.4 is 16.0 Å². The number of hydrogen-bond acceptors (Lipinski definition) is 3. The predicted molar refractivity (Wildman–Crippen MR) is 136 cm³/mol. The number of carbonyl (C=O) groups is 2. The van der Waals surface area contributed by atoms with Gasteiger partial charge in [0.1, 0.15) is 5.82 Å². The van der Waals surface area contributed by atoms with Gasteiger partial charge >= 0.3 is 12.1 Å². The van der Waals surface area contributed by atoms with E-state index in [9.17, 15) is 19.1 Å². The zero-order valence-electron chi connectivity index (χ0n) is 21.0. The molecule has 1 heterocycles. The van der Waals surface area contributed by atoms with Gasteiger partial charge in [-0.1, -0.05) is 18.2 Å². The Morgan fingerprint density at radius 3 is 2.25 bits per heavy atom. The fraction of sp³-hybridized carbons (Fsp3) is 0.500. The van der Waals surface area contributed by atoms with Gasteiger partial charge in [0.25, 0.3) is 0 Å². The van der Waals surface area contributed by atoms with Gasteiger partial charge in [-0.2, -0.15) is 0 Å². The van der Waals surface area contributed by atoms with Crippen LogP contribution >= 0.6 is 0 Å². The second kappa shape index (κ2) is 9.07. The van der Waals surface area contributed by atoms with Crippen molar-refractivity contribution in [3.8, 4) is 0 Å². The summed E-state index contributed by atoms with van der Waals surface area (Å²) in [6.07, 6.45) is 5.81. The smallest absolute Gasteiger partial charge is 0.322 e. The number of anilines is 1. The number of hydrogen-bond donors (Lipinski definition) is 4. The molecule has 3 fully saturated rings. The van der Waals surface area contributed by atoms with E-state index in [1.54, 1.807) is 24.8 Å². The molecule has 2 aromatic rings. The van der Waals surface area contributed by atoms with E-state index in [2.05, 4.69) is 28.1 Å². The highest BCUT2D eigenvalue weighted by molar-refractivity contribution is 5.89. The molecule has 0 radical (unpaired) electrons. The van der Waals surface area contributed by atoms with E-state index in [0.29, 0.717) is 13.1 Å². The van der Waals surface area contributed by atoms with Crippen LogP contribution in [0, 0.1) is 5.82 Å². The van der Waals surface area contributed by atoms with E-state index in [-0.39, 0.29) is 35.4 Å². The zero-order valence-corrected chi connectivity index (χ0v) is 21.0. The van der Waals surface area contributed by atoms with E-state index in [4.69, 9.17) is 0 Å². The third kappa shape index (κ3) is 5.05. The van der Waals surface area contributed by atoms with Crippen molar-refractivity contribution in [1.29, 1.82) is 0 Å². The molecule has 192 valence electrons. The third-order valence-corrected chi connectivity index (χ3v) is 8.23. The van der Waals surface area contributed by atoms with Crippen molar-refractivity contribution in [3.05, 3.63) is 65.0 Å². The second-order valence-electron chi connectivity index (χ2n) is 11.5. The third-order valence-electron chi connectivity index (χ3n) is 8.23. The van der Waals surface area contributed by atoms with E-state index < -0.39 is 5.60 Å². The number of benzene rings is 2. The Hall–Kier alpha value is -3.13. The van der Waals surface area contributed by atoms with Crippen LogP contribution in [0.5, 0.6) is 0 Å². The van der Waals surface area contributed by atoms with Gasteiger partial charge in [0.2, 0.25) is 0 Å². The molecule has 4 aliphatic rings. The first-order valence-electron chi connectivity index (χ1n) is 12.8. The van der Waals surface area contributed by atoms with Crippen molar-refractivity contribution >= 4 is 17.7 Å². The number of nitrogens with one attached hydrogen (secondary N) is 3. The average molecular weight is 495 g/mol. The Morgan fingerprint density at radius 1 is 0.972 bits per heavy atom. The molecule has 0 saturated heterocycles. The molecule has 8 heteroatoms. The minimum atomic E-state index is -0.937. The molecule has 0 aromatic heterocycles. The lowest BCUT2D eigenvalue weighted by Gasteiger charge is -2.54. The minimum Gasteiger partial charge on any atom is -0.389 e. The predicted octanol–water partition coefficient (Wildman–Crippen LogP) is 4.79. The lowest BCUT2D eigenvalue weighted by molar-refractivity contribution is 0.0725. The average Bonchev–Trinajstić information content (AvgIpc) is 3.27. The van der Waals surface area contributed by atoms with Crippen LogP contribution in [0.3, 0.4) is 0 Å². The molecular formula is C28H35FN4O3. The maximum absolute atomic E-state index is 13.5. The van der Waals surface area contributed by atoms with E-state index >= 15 is 0 Å². The van der Waals surface area contributed by atoms with Gasteiger partial charge in [-0.3, -0.25) is 0 Å². The molecule has 1 aliphatic heterocycles. The van der Waals surface area contributed by atoms with Crippen LogP contribution in [0.1, 0.15) is 69.1 Å². The number of aliphatic hydroxyl groups is 1. The second-order valence-corrected chi connectivity index (χ2v) is 11.5. The van der Waals surface area contributed by atoms with Crippen LogP contribution in [-0.2, 0) is 18.5 Å². The minimum absolute atomic E-state index is 0.107. The number of amides is 4. The van der Waals surface area contributed by atoms with Crippen molar-refractivity contribution in [2.75, 3.05) is 11.9 Å². The Morgan fingerprint density at radius 2 is 1.61 bits per heavy atom. The Balaban J connectivity index is 1.16. The number of rotatable bonds is 5. The van der Waals surface area contributed by atoms with Gasteiger partial charge < -0.3 is 26.0 Å². The molecule has 2 bridgehead atoms. The Labute approximate surface area is 211 Å². The first kappa shape index (κ1) is 24.6. The molecule has 7 nitrogen and oxygen atoms in total. The quantitative estimate of drug-likeness (QED) is 0.482. The lowest BCUT2D eigenvalue weighted by Crippen LogP contribution is -2.60. The first-order chi connectivity index (χ1) is 17.0. The monoisotopic (exact) mass is 494 g/mol. The summed E-state index contributed by atoms with van der Waals surface area (Å²) in [4.78, 5) is 26.9. The van der Waals surface area contributed by atoms with Crippen LogP contribution in [0.25, 0.3) is 0 Å². The Kier molecular flexibility index (Phi) is 6.19. The van der Waals surface area contributed by atoms with E-state index in [1.807, 2.05) is 12.1 Å². The van der Waals surface area contributed by atoms with Crippen LogP contribution in [-0.4, -0.2) is 39.8 Å². The summed E-state index contributed by atoms with van der Waals surface area (Å²) in [5.41, 5.74) is 2.86. The van der Waals surface area contributed by atoms with Crippen LogP contribution in [0.4, 0.5) is 19.7 Å². The highest BCUT2D eigenvalue weighted by Crippen LogP contribution is 2.53. The topological polar surface area (TPSA) is 93.7 Å². The number of nitrogens with zero attached hydrogens (tertiary/aromatic N) is 1. The maximum atomic E-state index is 13.5. The van der Waals surface area contributed by atoms with Crippen molar-refractivity contribution in [1.82, 2.24) is 15.5 Å². The molecule has 0 spiro atoms. The van der Waals surface area contributed by atoms with Gasteiger partial charge in [-0.15, -0.1) is 0 Å².